The first-order chi connectivity index (χ1) is 12.7. The molecule has 1 amide bonds. The number of fused-ring (bicyclic) bond motifs is 1. The fourth-order valence-corrected chi connectivity index (χ4v) is 2.82. The maximum Gasteiger partial charge on any atom is 0.243 e. The van der Waals surface area contributed by atoms with Crippen LogP contribution < -0.4 is 5.32 Å². The van der Waals surface area contributed by atoms with Gasteiger partial charge < -0.3 is 9.88 Å². The van der Waals surface area contributed by atoms with Crippen LogP contribution in [-0.2, 0) is 18.3 Å². The van der Waals surface area contributed by atoms with Crippen LogP contribution in [0.15, 0.2) is 54.6 Å². The summed E-state index contributed by atoms with van der Waals surface area (Å²) in [4.78, 5) is 16.5. The Morgan fingerprint density at radius 1 is 1.27 bits per heavy atom. The summed E-state index contributed by atoms with van der Waals surface area (Å²) in [7, 11) is 2.02. The van der Waals surface area contributed by atoms with Crippen LogP contribution in [0.25, 0.3) is 17.1 Å². The zero-order valence-corrected chi connectivity index (χ0v) is 14.6. The molecule has 1 N–H and O–H groups in total. The molecule has 0 unspecified atom stereocenters. The number of carbonyl (C=O) groups is 1. The molecule has 2 aromatic carbocycles. The third-order valence-corrected chi connectivity index (χ3v) is 4.20. The van der Waals surface area contributed by atoms with Crippen molar-refractivity contribution in [2.45, 2.75) is 12.8 Å². The molecule has 3 aromatic rings. The molecule has 0 aliphatic carbocycles. The number of rotatable bonds is 6. The van der Waals surface area contributed by atoms with Crippen molar-refractivity contribution < 1.29 is 4.79 Å². The number of carbonyl (C=O) groups excluding carboxylic acids is 1. The third-order valence-electron chi connectivity index (χ3n) is 4.20. The van der Waals surface area contributed by atoms with E-state index >= 15 is 0 Å². The summed E-state index contributed by atoms with van der Waals surface area (Å²) in [5, 5.41) is 11.8. The fraction of sp³-hybridized carbons (Fsp3) is 0.190. The van der Waals surface area contributed by atoms with Gasteiger partial charge in [0.1, 0.15) is 5.82 Å². The van der Waals surface area contributed by atoms with Crippen molar-refractivity contribution in [3.63, 3.8) is 0 Å². The molecule has 0 saturated carbocycles. The maximum atomic E-state index is 11.9. The Labute approximate surface area is 152 Å². The zero-order chi connectivity index (χ0) is 18.4. The Balaban J connectivity index is 1.48. The Morgan fingerprint density at radius 2 is 2.12 bits per heavy atom. The van der Waals surface area contributed by atoms with E-state index in [0.717, 1.165) is 35.3 Å². The molecule has 130 valence electrons. The van der Waals surface area contributed by atoms with Crippen LogP contribution in [0, 0.1) is 11.3 Å². The molecule has 0 aliphatic rings. The predicted molar refractivity (Wildman–Crippen MR) is 102 cm³/mol. The van der Waals surface area contributed by atoms with Crippen molar-refractivity contribution in [3.8, 4) is 6.07 Å². The minimum atomic E-state index is -0.141. The number of nitrogens with zero attached hydrogens (tertiary/aromatic N) is 3. The van der Waals surface area contributed by atoms with Crippen LogP contribution in [-0.4, -0.2) is 22.0 Å². The topological polar surface area (TPSA) is 70.7 Å². The van der Waals surface area contributed by atoms with Crippen LogP contribution in [0.5, 0.6) is 0 Å². The van der Waals surface area contributed by atoms with Gasteiger partial charge in [0.2, 0.25) is 5.91 Å². The Morgan fingerprint density at radius 3 is 2.92 bits per heavy atom. The molecule has 0 aliphatic heterocycles. The maximum absolute atomic E-state index is 11.9. The van der Waals surface area contributed by atoms with Gasteiger partial charge >= 0.3 is 0 Å². The molecule has 0 spiro atoms. The summed E-state index contributed by atoms with van der Waals surface area (Å²) >= 11 is 0. The van der Waals surface area contributed by atoms with Gasteiger partial charge in [-0.3, -0.25) is 4.79 Å². The lowest BCUT2D eigenvalue weighted by atomic mass is 10.1. The van der Waals surface area contributed by atoms with Crippen LogP contribution in [0.4, 0.5) is 0 Å². The second kappa shape index (κ2) is 8.13. The number of benzene rings is 2. The highest BCUT2D eigenvalue weighted by molar-refractivity contribution is 5.91. The van der Waals surface area contributed by atoms with E-state index < -0.39 is 0 Å². The minimum absolute atomic E-state index is 0.141. The third kappa shape index (κ3) is 4.17. The number of hydrogen-bond donors (Lipinski definition) is 1. The van der Waals surface area contributed by atoms with E-state index in [1.54, 1.807) is 24.3 Å². The van der Waals surface area contributed by atoms with Gasteiger partial charge in [-0.05, 0) is 42.3 Å². The van der Waals surface area contributed by atoms with E-state index in [0.29, 0.717) is 12.1 Å². The summed E-state index contributed by atoms with van der Waals surface area (Å²) in [6.07, 6.45) is 4.83. The molecule has 1 heterocycles. The second-order valence-electron chi connectivity index (χ2n) is 6.04. The second-order valence-corrected chi connectivity index (χ2v) is 6.04. The lowest BCUT2D eigenvalue weighted by molar-refractivity contribution is -0.116. The van der Waals surface area contributed by atoms with E-state index in [-0.39, 0.29) is 5.91 Å². The predicted octanol–water partition coefficient (Wildman–Crippen LogP) is 3.21. The number of nitrogens with one attached hydrogen (secondary N) is 1. The highest BCUT2D eigenvalue weighted by Crippen LogP contribution is 2.15. The number of nitriles is 1. The van der Waals surface area contributed by atoms with Gasteiger partial charge in [-0.2, -0.15) is 5.26 Å². The van der Waals surface area contributed by atoms with Crippen LogP contribution >= 0.6 is 0 Å². The van der Waals surface area contributed by atoms with Crippen molar-refractivity contribution in [2.75, 3.05) is 6.54 Å². The summed E-state index contributed by atoms with van der Waals surface area (Å²) in [5.74, 6) is 0.877. The van der Waals surface area contributed by atoms with E-state index in [2.05, 4.69) is 27.0 Å². The smallest absolute Gasteiger partial charge is 0.243 e. The SMILES string of the molecule is Cn1c(CCCNC(=O)/C=C/c2cccc(C#N)c2)nc2ccccc21. The number of amides is 1. The number of para-hydroxylation sites is 2. The molecule has 0 radical (unpaired) electrons. The zero-order valence-electron chi connectivity index (χ0n) is 14.6. The first kappa shape index (κ1) is 17.4. The average molecular weight is 344 g/mol. The fourth-order valence-electron chi connectivity index (χ4n) is 2.82. The van der Waals surface area contributed by atoms with Gasteiger partial charge in [0.15, 0.2) is 0 Å². The minimum Gasteiger partial charge on any atom is -0.353 e. The summed E-state index contributed by atoms with van der Waals surface area (Å²) < 4.78 is 2.10. The monoisotopic (exact) mass is 344 g/mol. The van der Waals surface area contributed by atoms with E-state index in [4.69, 9.17) is 5.26 Å². The molecule has 0 saturated heterocycles. The van der Waals surface area contributed by atoms with Crippen molar-refractivity contribution in [3.05, 3.63) is 71.6 Å². The molecule has 26 heavy (non-hydrogen) atoms. The van der Waals surface area contributed by atoms with Crippen molar-refractivity contribution >= 4 is 23.0 Å². The van der Waals surface area contributed by atoms with Gasteiger partial charge in [0.25, 0.3) is 0 Å². The molecule has 5 nitrogen and oxygen atoms in total. The van der Waals surface area contributed by atoms with Crippen LogP contribution in [0.1, 0.15) is 23.4 Å². The quantitative estimate of drug-likeness (QED) is 0.551. The molecule has 0 bridgehead atoms. The van der Waals surface area contributed by atoms with Crippen LogP contribution in [0.3, 0.4) is 0 Å². The Hall–Kier alpha value is -3.39. The van der Waals surface area contributed by atoms with Gasteiger partial charge in [-0.1, -0.05) is 24.3 Å². The highest BCUT2D eigenvalue weighted by Gasteiger charge is 2.06. The van der Waals surface area contributed by atoms with Gasteiger partial charge in [-0.25, -0.2) is 4.98 Å². The number of imidazole rings is 1. The van der Waals surface area contributed by atoms with Crippen molar-refractivity contribution in [2.24, 2.45) is 7.05 Å². The number of aromatic nitrogens is 2. The van der Waals surface area contributed by atoms with Gasteiger partial charge in [-0.15, -0.1) is 0 Å². The summed E-state index contributed by atoms with van der Waals surface area (Å²) in [5.41, 5.74) is 3.53. The van der Waals surface area contributed by atoms with Gasteiger partial charge in [0.05, 0.1) is 22.7 Å². The normalized spacial score (nSPS) is 10.9. The molecule has 3 rings (SSSR count). The molecule has 0 fully saturated rings. The molecule has 5 heteroatoms. The largest absolute Gasteiger partial charge is 0.353 e. The molecule has 1 aromatic heterocycles. The van der Waals surface area contributed by atoms with E-state index in [1.807, 2.05) is 31.3 Å². The molecular weight excluding hydrogens is 324 g/mol. The lowest BCUT2D eigenvalue weighted by Crippen LogP contribution is -2.22. The Bertz CT molecular complexity index is 995. The first-order valence-corrected chi connectivity index (χ1v) is 8.54. The number of hydrogen-bond acceptors (Lipinski definition) is 3. The number of aryl methyl sites for hydroxylation is 2. The van der Waals surface area contributed by atoms with Crippen molar-refractivity contribution in [1.82, 2.24) is 14.9 Å². The highest BCUT2D eigenvalue weighted by atomic mass is 16.1. The summed E-state index contributed by atoms with van der Waals surface area (Å²) in [6, 6.07) is 17.3. The lowest BCUT2D eigenvalue weighted by Gasteiger charge is -2.03. The van der Waals surface area contributed by atoms with E-state index in [1.165, 1.54) is 6.08 Å². The first-order valence-electron chi connectivity index (χ1n) is 8.54. The van der Waals surface area contributed by atoms with Gasteiger partial charge in [0, 0.05) is 26.1 Å². The standard InChI is InChI=1S/C21H20N4O/c1-25-19-9-3-2-8-18(19)24-20(25)10-5-13-23-21(26)12-11-16-6-4-7-17(14-16)15-22/h2-4,6-9,11-12,14H,5,10,13H2,1H3,(H,23,26)/b12-11+. The summed E-state index contributed by atoms with van der Waals surface area (Å²) in [6.45, 7) is 0.588. The molecule has 0 atom stereocenters. The van der Waals surface area contributed by atoms with E-state index in [9.17, 15) is 4.79 Å². The van der Waals surface area contributed by atoms with Crippen molar-refractivity contribution in [1.29, 1.82) is 5.26 Å². The average Bonchev–Trinajstić information content (AvgIpc) is 3.00. The van der Waals surface area contributed by atoms with Crippen LogP contribution in [0.2, 0.25) is 0 Å². The molecular formula is C21H20N4O. The Kier molecular flexibility index (Phi) is 5.45.